The minimum absolute atomic E-state index is 0.206. The van der Waals surface area contributed by atoms with Crippen molar-refractivity contribution in [3.8, 4) is 0 Å². The van der Waals surface area contributed by atoms with Crippen LogP contribution in [0.2, 0.25) is 5.02 Å². The van der Waals surface area contributed by atoms with E-state index in [4.69, 9.17) is 11.6 Å². The molecule has 0 saturated heterocycles. The Morgan fingerprint density at radius 2 is 2.23 bits per heavy atom. The van der Waals surface area contributed by atoms with E-state index in [0.717, 1.165) is 11.8 Å². The van der Waals surface area contributed by atoms with Crippen LogP contribution in [-0.4, -0.2) is 0 Å². The number of aryl methyl sites for hydroxylation is 1. The van der Waals surface area contributed by atoms with Crippen LogP contribution in [0.1, 0.15) is 12.5 Å². The van der Waals surface area contributed by atoms with Crippen LogP contribution in [0, 0.1) is 5.82 Å². The summed E-state index contributed by atoms with van der Waals surface area (Å²) in [6, 6.07) is 3.50. The molecule has 0 saturated carbocycles. The first-order chi connectivity index (χ1) is 6.24. The Morgan fingerprint density at radius 1 is 1.46 bits per heavy atom. The minimum atomic E-state index is -0.288. The van der Waals surface area contributed by atoms with Crippen molar-refractivity contribution in [3.05, 3.63) is 33.9 Å². The smallest absolute Gasteiger partial charge is 0.159 e. The zero-order valence-electron chi connectivity index (χ0n) is 7.10. The lowest BCUT2D eigenvalue weighted by Gasteiger charge is -1.96. The molecule has 2 rings (SSSR count). The van der Waals surface area contributed by atoms with Gasteiger partial charge >= 0.3 is 0 Å². The van der Waals surface area contributed by atoms with Gasteiger partial charge in [-0.15, -0.1) is 11.3 Å². The Bertz CT molecular complexity index is 447. The van der Waals surface area contributed by atoms with Crippen molar-refractivity contribution >= 4 is 33.0 Å². The Morgan fingerprint density at radius 3 is 2.92 bits per heavy atom. The normalized spacial score (nSPS) is 11.0. The van der Waals surface area contributed by atoms with Gasteiger partial charge in [0.15, 0.2) is 5.82 Å². The molecule has 0 fully saturated rings. The van der Waals surface area contributed by atoms with E-state index < -0.39 is 0 Å². The molecule has 0 aliphatic rings. The van der Waals surface area contributed by atoms with Crippen molar-refractivity contribution in [1.29, 1.82) is 0 Å². The van der Waals surface area contributed by atoms with E-state index in [1.807, 2.05) is 11.4 Å². The van der Waals surface area contributed by atoms with Crippen LogP contribution in [0.5, 0.6) is 0 Å². The summed E-state index contributed by atoms with van der Waals surface area (Å²) >= 11 is 7.09. The molecule has 0 nitrogen and oxygen atoms in total. The second-order valence-electron chi connectivity index (χ2n) is 2.85. The average Bonchev–Trinajstić information content (AvgIpc) is 2.55. The summed E-state index contributed by atoms with van der Waals surface area (Å²) in [4.78, 5) is 0. The van der Waals surface area contributed by atoms with E-state index in [-0.39, 0.29) is 10.8 Å². The van der Waals surface area contributed by atoms with Crippen molar-refractivity contribution in [3.63, 3.8) is 0 Å². The molecule has 0 amide bonds. The molecule has 3 heteroatoms. The van der Waals surface area contributed by atoms with Gasteiger partial charge < -0.3 is 0 Å². The molecule has 0 unspecified atom stereocenters. The third-order valence-electron chi connectivity index (χ3n) is 2.10. The number of fused-ring (bicyclic) bond motifs is 1. The SMILES string of the molecule is CCc1csc2c(F)c(Cl)ccc12. The highest BCUT2D eigenvalue weighted by Gasteiger charge is 2.09. The van der Waals surface area contributed by atoms with E-state index in [1.54, 1.807) is 6.07 Å². The maximum absolute atomic E-state index is 13.4. The number of hydrogen-bond acceptors (Lipinski definition) is 1. The maximum atomic E-state index is 13.4. The van der Waals surface area contributed by atoms with Crippen molar-refractivity contribution in [1.82, 2.24) is 0 Å². The third kappa shape index (κ3) is 1.34. The number of halogens is 2. The Labute approximate surface area is 85.0 Å². The first kappa shape index (κ1) is 8.97. The van der Waals surface area contributed by atoms with Gasteiger partial charge in [0.1, 0.15) is 0 Å². The molecule has 68 valence electrons. The van der Waals surface area contributed by atoms with Gasteiger partial charge in [-0.05, 0) is 28.8 Å². The topological polar surface area (TPSA) is 0 Å². The fourth-order valence-corrected chi connectivity index (χ4v) is 2.67. The predicted octanol–water partition coefficient (Wildman–Crippen LogP) is 4.26. The van der Waals surface area contributed by atoms with E-state index >= 15 is 0 Å². The Hall–Kier alpha value is -0.600. The predicted molar refractivity (Wildman–Crippen MR) is 56.2 cm³/mol. The number of benzene rings is 1. The van der Waals surface area contributed by atoms with Crippen molar-refractivity contribution < 1.29 is 4.39 Å². The van der Waals surface area contributed by atoms with Crippen LogP contribution in [0.25, 0.3) is 10.1 Å². The summed E-state index contributed by atoms with van der Waals surface area (Å²) in [6.45, 7) is 2.06. The lowest BCUT2D eigenvalue weighted by Crippen LogP contribution is -1.79. The Kier molecular flexibility index (Phi) is 2.26. The first-order valence-electron chi connectivity index (χ1n) is 4.08. The second kappa shape index (κ2) is 3.28. The van der Waals surface area contributed by atoms with E-state index in [1.165, 1.54) is 16.9 Å². The molecule has 1 heterocycles. The van der Waals surface area contributed by atoms with Gasteiger partial charge in [0.25, 0.3) is 0 Å². The number of thiophene rings is 1. The van der Waals surface area contributed by atoms with Gasteiger partial charge in [-0.2, -0.15) is 0 Å². The molecular formula is C10H8ClFS. The Balaban J connectivity index is 2.81. The molecule has 0 spiro atoms. The van der Waals surface area contributed by atoms with Crippen LogP contribution < -0.4 is 0 Å². The molecule has 0 aliphatic heterocycles. The van der Waals surface area contributed by atoms with Gasteiger partial charge in [0.05, 0.1) is 9.72 Å². The zero-order valence-corrected chi connectivity index (χ0v) is 8.68. The summed E-state index contributed by atoms with van der Waals surface area (Å²) in [6.07, 6.45) is 0.932. The fraction of sp³-hybridized carbons (Fsp3) is 0.200. The zero-order chi connectivity index (χ0) is 9.42. The van der Waals surface area contributed by atoms with Gasteiger partial charge in [0.2, 0.25) is 0 Å². The third-order valence-corrected chi connectivity index (χ3v) is 3.42. The monoisotopic (exact) mass is 214 g/mol. The lowest BCUT2D eigenvalue weighted by atomic mass is 10.1. The van der Waals surface area contributed by atoms with Crippen molar-refractivity contribution in [2.24, 2.45) is 0 Å². The first-order valence-corrected chi connectivity index (χ1v) is 5.34. The van der Waals surface area contributed by atoms with Crippen LogP contribution in [0.4, 0.5) is 4.39 Å². The summed E-state index contributed by atoms with van der Waals surface area (Å²) in [7, 11) is 0. The van der Waals surface area contributed by atoms with E-state index in [0.29, 0.717) is 4.70 Å². The molecular weight excluding hydrogens is 207 g/mol. The minimum Gasteiger partial charge on any atom is -0.204 e. The average molecular weight is 215 g/mol. The molecule has 0 aliphatic carbocycles. The highest BCUT2D eigenvalue weighted by Crippen LogP contribution is 2.32. The van der Waals surface area contributed by atoms with Crippen LogP contribution in [0.15, 0.2) is 17.5 Å². The fourth-order valence-electron chi connectivity index (χ4n) is 1.37. The molecule has 0 radical (unpaired) electrons. The summed E-state index contributed by atoms with van der Waals surface area (Å²) < 4.78 is 14.1. The van der Waals surface area contributed by atoms with E-state index in [2.05, 4.69) is 6.92 Å². The molecule has 0 atom stereocenters. The van der Waals surface area contributed by atoms with E-state index in [9.17, 15) is 4.39 Å². The van der Waals surface area contributed by atoms with Gasteiger partial charge in [-0.25, -0.2) is 4.39 Å². The molecule has 0 N–H and O–H groups in total. The molecule has 0 bridgehead atoms. The molecule has 1 aromatic heterocycles. The summed E-state index contributed by atoms with van der Waals surface area (Å²) in [5, 5.41) is 3.19. The highest BCUT2D eigenvalue weighted by atomic mass is 35.5. The van der Waals surface area contributed by atoms with Gasteiger partial charge in [-0.3, -0.25) is 0 Å². The van der Waals surface area contributed by atoms with Crippen LogP contribution in [0.3, 0.4) is 0 Å². The summed E-state index contributed by atoms with van der Waals surface area (Å²) in [5.41, 5.74) is 1.19. The van der Waals surface area contributed by atoms with Gasteiger partial charge in [0, 0.05) is 0 Å². The standard InChI is InChI=1S/C10H8ClFS/c1-2-6-5-13-10-7(6)3-4-8(11)9(10)12/h3-5H,2H2,1H3. The number of rotatable bonds is 1. The highest BCUT2D eigenvalue weighted by molar-refractivity contribution is 7.17. The molecule has 1 aromatic carbocycles. The largest absolute Gasteiger partial charge is 0.204 e. The van der Waals surface area contributed by atoms with Crippen LogP contribution >= 0.6 is 22.9 Å². The van der Waals surface area contributed by atoms with Crippen molar-refractivity contribution in [2.75, 3.05) is 0 Å². The molecule has 2 aromatic rings. The van der Waals surface area contributed by atoms with Crippen molar-refractivity contribution in [2.45, 2.75) is 13.3 Å². The maximum Gasteiger partial charge on any atom is 0.159 e. The summed E-state index contributed by atoms with van der Waals surface area (Å²) in [5.74, 6) is -0.288. The number of hydrogen-bond donors (Lipinski definition) is 0. The lowest BCUT2D eigenvalue weighted by molar-refractivity contribution is 0.642. The molecule has 13 heavy (non-hydrogen) atoms. The van der Waals surface area contributed by atoms with Crippen LogP contribution in [-0.2, 0) is 6.42 Å². The second-order valence-corrected chi connectivity index (χ2v) is 4.14. The van der Waals surface area contributed by atoms with Gasteiger partial charge in [-0.1, -0.05) is 24.6 Å². The quantitative estimate of drug-likeness (QED) is 0.666.